The fourth-order valence-electron chi connectivity index (χ4n) is 2.43. The quantitative estimate of drug-likeness (QED) is 0.759. The molecule has 0 saturated carbocycles. The molecule has 2 aromatic heterocycles. The molecule has 0 amide bonds. The van der Waals surface area contributed by atoms with Gasteiger partial charge in [-0.3, -0.25) is 0 Å². The Bertz CT molecular complexity index is 597. The highest BCUT2D eigenvalue weighted by Crippen LogP contribution is 2.24. The number of thioether (sulfide) groups is 1. The predicted octanol–water partition coefficient (Wildman–Crippen LogP) is 3.00. The van der Waals surface area contributed by atoms with Crippen molar-refractivity contribution in [2.75, 3.05) is 24.3 Å². The molecule has 0 aliphatic rings. The molecule has 2 rings (SSSR count). The van der Waals surface area contributed by atoms with Gasteiger partial charge in [-0.1, -0.05) is 0 Å². The molecule has 0 spiro atoms. The van der Waals surface area contributed by atoms with Crippen molar-refractivity contribution >= 4 is 28.6 Å². The van der Waals surface area contributed by atoms with E-state index in [1.165, 1.54) is 12.2 Å². The molecule has 116 valence electrons. The van der Waals surface area contributed by atoms with Gasteiger partial charge in [-0.15, -0.1) is 0 Å². The first kappa shape index (κ1) is 16.1. The zero-order chi connectivity index (χ0) is 15.2. The molecule has 0 aliphatic heterocycles. The van der Waals surface area contributed by atoms with Crippen molar-refractivity contribution in [2.24, 2.45) is 0 Å². The number of hydrogen-bond donors (Lipinski definition) is 1. The van der Waals surface area contributed by atoms with Crippen LogP contribution in [0.5, 0.6) is 0 Å². The molecule has 2 heterocycles. The highest BCUT2D eigenvalue weighted by atomic mass is 32.2. The second-order valence-corrected chi connectivity index (χ2v) is 6.03. The van der Waals surface area contributed by atoms with E-state index in [-0.39, 0.29) is 0 Å². The van der Waals surface area contributed by atoms with Crippen molar-refractivity contribution in [1.82, 2.24) is 14.5 Å². The lowest BCUT2D eigenvalue weighted by atomic mass is 10.2. The summed E-state index contributed by atoms with van der Waals surface area (Å²) >= 11 is 1.89. The average Bonchev–Trinajstić information content (AvgIpc) is 2.85. The number of ether oxygens (including phenoxy) is 1. The number of anilines is 1. The largest absolute Gasteiger partial charge is 0.382 e. The van der Waals surface area contributed by atoms with E-state index in [1.807, 2.05) is 24.9 Å². The number of pyridine rings is 1. The van der Waals surface area contributed by atoms with Gasteiger partial charge in [-0.05, 0) is 44.3 Å². The monoisotopic (exact) mass is 308 g/mol. The fraction of sp³-hybridized carbons (Fsp3) is 0.600. The highest BCUT2D eigenvalue weighted by molar-refractivity contribution is 7.98. The van der Waals surface area contributed by atoms with Crippen LogP contribution in [0.25, 0.3) is 11.0 Å². The Labute approximate surface area is 130 Å². The van der Waals surface area contributed by atoms with E-state index in [1.54, 1.807) is 0 Å². The topological polar surface area (TPSA) is 66.0 Å². The van der Waals surface area contributed by atoms with Crippen molar-refractivity contribution in [3.05, 3.63) is 17.6 Å². The molecule has 0 aliphatic carbocycles. The van der Waals surface area contributed by atoms with Gasteiger partial charge in [0.05, 0.1) is 5.52 Å². The molecule has 21 heavy (non-hydrogen) atoms. The molecule has 0 fully saturated rings. The molecule has 0 bridgehead atoms. The highest BCUT2D eigenvalue weighted by Gasteiger charge is 2.15. The third-order valence-corrected chi connectivity index (χ3v) is 4.17. The van der Waals surface area contributed by atoms with E-state index in [9.17, 15) is 0 Å². The van der Waals surface area contributed by atoms with Gasteiger partial charge in [0.25, 0.3) is 0 Å². The lowest BCUT2D eigenvalue weighted by molar-refractivity contribution is 0.126. The number of aromatic nitrogens is 3. The van der Waals surface area contributed by atoms with Crippen LogP contribution in [0.4, 0.5) is 5.82 Å². The summed E-state index contributed by atoms with van der Waals surface area (Å²) in [6.07, 6.45) is 6.30. The summed E-state index contributed by atoms with van der Waals surface area (Å²) in [5.74, 6) is 2.63. The van der Waals surface area contributed by atoms with Crippen LogP contribution in [0.1, 0.15) is 31.2 Å². The summed E-state index contributed by atoms with van der Waals surface area (Å²) in [4.78, 5) is 8.86. The summed E-state index contributed by atoms with van der Waals surface area (Å²) < 4.78 is 7.80. The number of unbranched alkanes of at least 4 members (excludes halogenated alkanes) is 1. The summed E-state index contributed by atoms with van der Waals surface area (Å²) in [7, 11) is 0. The Balaban J connectivity index is 2.34. The van der Waals surface area contributed by atoms with Crippen LogP contribution >= 0.6 is 11.8 Å². The normalized spacial score (nSPS) is 11.4. The molecule has 0 radical (unpaired) electrons. The second kappa shape index (κ2) is 7.66. The van der Waals surface area contributed by atoms with Crippen LogP contribution in [0.3, 0.4) is 0 Å². The van der Waals surface area contributed by atoms with Gasteiger partial charge in [-0.2, -0.15) is 11.8 Å². The maximum Gasteiger partial charge on any atom is 0.151 e. The maximum atomic E-state index is 5.98. The molecule has 6 heteroatoms. The van der Waals surface area contributed by atoms with Gasteiger partial charge in [0.1, 0.15) is 17.9 Å². The molecular weight excluding hydrogens is 284 g/mol. The number of nitrogens with zero attached hydrogens (tertiary/aromatic N) is 3. The van der Waals surface area contributed by atoms with Gasteiger partial charge < -0.3 is 15.0 Å². The molecule has 2 N–H and O–H groups in total. The van der Waals surface area contributed by atoms with Crippen LogP contribution in [-0.2, 0) is 17.9 Å². The lowest BCUT2D eigenvalue weighted by Crippen LogP contribution is -2.07. The van der Waals surface area contributed by atoms with Gasteiger partial charge in [0, 0.05) is 19.3 Å². The van der Waals surface area contributed by atoms with Crippen LogP contribution < -0.4 is 5.73 Å². The standard InChI is InChI=1S/C15H24N4OS/c1-4-20-10-12-18-13-14(11(2)9-17-15(13)16)19(12)7-5-6-8-21-3/h9H,4-8,10H2,1-3H3,(H2,16,17). The summed E-state index contributed by atoms with van der Waals surface area (Å²) in [6, 6.07) is 0. The maximum absolute atomic E-state index is 5.98. The Kier molecular flexibility index (Phi) is 5.87. The first-order chi connectivity index (χ1) is 10.2. The van der Waals surface area contributed by atoms with Crippen molar-refractivity contribution in [3.8, 4) is 0 Å². The van der Waals surface area contributed by atoms with Gasteiger partial charge >= 0.3 is 0 Å². The van der Waals surface area contributed by atoms with Crippen molar-refractivity contribution in [3.63, 3.8) is 0 Å². The van der Waals surface area contributed by atoms with Crippen LogP contribution in [0, 0.1) is 6.92 Å². The smallest absolute Gasteiger partial charge is 0.151 e. The molecule has 5 nitrogen and oxygen atoms in total. The lowest BCUT2D eigenvalue weighted by Gasteiger charge is -2.10. The molecule has 2 aromatic rings. The molecular formula is C15H24N4OS. The average molecular weight is 308 g/mol. The van der Waals surface area contributed by atoms with E-state index in [0.29, 0.717) is 19.0 Å². The molecule has 0 saturated heterocycles. The van der Waals surface area contributed by atoms with Crippen molar-refractivity contribution < 1.29 is 4.74 Å². The molecule has 0 atom stereocenters. The van der Waals surface area contributed by atoms with E-state index < -0.39 is 0 Å². The third kappa shape index (κ3) is 3.68. The minimum atomic E-state index is 0.496. The first-order valence-corrected chi connectivity index (χ1v) is 8.75. The number of imidazole rings is 1. The van der Waals surface area contributed by atoms with E-state index in [0.717, 1.165) is 35.4 Å². The number of nitrogen functional groups attached to an aromatic ring is 1. The van der Waals surface area contributed by atoms with E-state index in [4.69, 9.17) is 10.5 Å². The fourth-order valence-corrected chi connectivity index (χ4v) is 2.92. The van der Waals surface area contributed by atoms with Crippen molar-refractivity contribution in [1.29, 1.82) is 0 Å². The van der Waals surface area contributed by atoms with Crippen molar-refractivity contribution in [2.45, 2.75) is 39.8 Å². The zero-order valence-electron chi connectivity index (χ0n) is 13.1. The minimum Gasteiger partial charge on any atom is -0.382 e. The summed E-state index contributed by atoms with van der Waals surface area (Å²) in [6.45, 7) is 6.20. The Morgan fingerprint density at radius 3 is 2.90 bits per heavy atom. The van der Waals surface area contributed by atoms with E-state index in [2.05, 4.69) is 27.7 Å². The van der Waals surface area contributed by atoms with E-state index >= 15 is 0 Å². The van der Waals surface area contributed by atoms with Crippen LogP contribution in [0.2, 0.25) is 0 Å². The summed E-state index contributed by atoms with van der Waals surface area (Å²) in [5, 5.41) is 0. The third-order valence-electron chi connectivity index (χ3n) is 3.48. The Morgan fingerprint density at radius 2 is 2.19 bits per heavy atom. The first-order valence-electron chi connectivity index (χ1n) is 7.35. The van der Waals surface area contributed by atoms with Crippen LogP contribution in [0.15, 0.2) is 6.20 Å². The zero-order valence-corrected chi connectivity index (χ0v) is 13.9. The van der Waals surface area contributed by atoms with Gasteiger partial charge in [0.2, 0.25) is 0 Å². The van der Waals surface area contributed by atoms with Gasteiger partial charge in [0.15, 0.2) is 5.82 Å². The van der Waals surface area contributed by atoms with Crippen LogP contribution in [-0.4, -0.2) is 33.2 Å². The number of hydrogen-bond acceptors (Lipinski definition) is 5. The van der Waals surface area contributed by atoms with Gasteiger partial charge in [-0.25, -0.2) is 9.97 Å². The number of nitrogens with two attached hydrogens (primary N) is 1. The molecule has 0 unspecified atom stereocenters. The number of fused-ring (bicyclic) bond motifs is 1. The minimum absolute atomic E-state index is 0.496. The number of aryl methyl sites for hydroxylation is 2. The Hall–Kier alpha value is -1.27. The molecule has 0 aromatic carbocycles. The number of rotatable bonds is 8. The summed E-state index contributed by atoms with van der Waals surface area (Å²) in [5.41, 5.74) is 8.99. The SMILES string of the molecule is CCOCc1nc2c(N)ncc(C)c2n1CCCCSC. The predicted molar refractivity (Wildman–Crippen MR) is 89.6 cm³/mol. The second-order valence-electron chi connectivity index (χ2n) is 5.04. The Morgan fingerprint density at radius 1 is 1.38 bits per heavy atom.